The molecule has 0 saturated carbocycles. The zero-order valence-corrected chi connectivity index (χ0v) is 39.3. The van der Waals surface area contributed by atoms with Crippen LogP contribution in [0.4, 0.5) is 29.2 Å². The van der Waals surface area contributed by atoms with Crippen molar-refractivity contribution in [3.8, 4) is 56.5 Å². The number of anilines is 2. The molecule has 8 N–H and O–H groups in total. The molecule has 71 heavy (non-hydrogen) atoms. The van der Waals surface area contributed by atoms with Gasteiger partial charge in [-0.2, -0.15) is 0 Å². The third-order valence-corrected chi connectivity index (χ3v) is 10.4. The van der Waals surface area contributed by atoms with E-state index in [2.05, 4.69) is 35.2 Å². The summed E-state index contributed by atoms with van der Waals surface area (Å²) in [4.78, 5) is 50.6. The number of nitrogen functional groups attached to an aromatic ring is 2. The van der Waals surface area contributed by atoms with Crippen molar-refractivity contribution in [3.05, 3.63) is 178 Å². The number of hydrogen-bond donors (Lipinski definition) is 5. The topological polar surface area (TPSA) is 240 Å². The van der Waals surface area contributed by atoms with Gasteiger partial charge in [0.2, 0.25) is 0 Å². The highest BCUT2D eigenvalue weighted by atomic mass is 19.1. The number of rotatable bonds is 11. The molecule has 4 aromatic carbocycles. The Kier molecular flexibility index (Phi) is 16.7. The van der Waals surface area contributed by atoms with E-state index in [1.807, 2.05) is 39.8 Å². The summed E-state index contributed by atoms with van der Waals surface area (Å²) in [6, 6.07) is 27.0. The van der Waals surface area contributed by atoms with Gasteiger partial charge in [0.1, 0.15) is 34.8 Å². The number of pyridine rings is 2. The predicted molar refractivity (Wildman–Crippen MR) is 261 cm³/mol. The third-order valence-electron chi connectivity index (χ3n) is 10.4. The molecular formula is C52H48F4N10O5. The number of nitrogens with zero attached hydrogens (tertiary/aromatic N) is 6. The standard InChI is InChI=1S/C26H23F2N5O2.C18H15FN4O2.C8H10FNO/c1-14-10-18(11-15(2)31-14)23-22(16-4-7-19(27)8-5-16)33-25(29)24(32-23)26(34)30-13-17-6-9-20(28)12-21(17)35-3;1-9-7-12(8-10(2)21-9)15-14(11-3-5-13(19)6-4-11)23-17(20)16(22-15)18(24)25;1-11-8-4-7(9)3-2-6(8)5-10/h4-12H,13H2,1-3H3,(H2,29,33)(H,30,34);3-8H,1-2H3,(H2,20,23)(H,24,25);2-4H,5,10H2,1H3. The Morgan fingerprint density at radius 3 is 1.28 bits per heavy atom. The van der Waals surface area contributed by atoms with E-state index in [1.54, 1.807) is 42.5 Å². The van der Waals surface area contributed by atoms with Crippen LogP contribution in [0.5, 0.6) is 11.5 Å². The van der Waals surface area contributed by atoms with Gasteiger partial charge in [-0.3, -0.25) is 14.8 Å². The fraction of sp³-hybridized carbons (Fsp3) is 0.154. The lowest BCUT2D eigenvalue weighted by molar-refractivity contribution is 0.0691. The molecule has 15 nitrogen and oxygen atoms in total. The van der Waals surface area contributed by atoms with Crippen LogP contribution in [-0.4, -0.2) is 61.1 Å². The number of nitrogens with one attached hydrogen (secondary N) is 1. The summed E-state index contributed by atoms with van der Waals surface area (Å²) in [5, 5.41) is 12.0. The van der Waals surface area contributed by atoms with Crippen LogP contribution >= 0.6 is 0 Å². The second-order valence-electron chi connectivity index (χ2n) is 15.7. The Balaban J connectivity index is 0.000000198. The number of nitrogens with two attached hydrogens (primary N) is 3. The van der Waals surface area contributed by atoms with Gasteiger partial charge in [0.05, 0.1) is 37.0 Å². The Morgan fingerprint density at radius 2 is 0.873 bits per heavy atom. The Hall–Kier alpha value is -8.84. The summed E-state index contributed by atoms with van der Waals surface area (Å²) in [5.41, 5.74) is 25.4. The van der Waals surface area contributed by atoms with Crippen LogP contribution in [0.2, 0.25) is 0 Å². The second-order valence-corrected chi connectivity index (χ2v) is 15.7. The molecule has 8 rings (SSSR count). The monoisotopic (exact) mass is 968 g/mol. The molecule has 364 valence electrons. The maximum absolute atomic E-state index is 13.5. The highest BCUT2D eigenvalue weighted by molar-refractivity contribution is 5.98. The fourth-order valence-corrected chi connectivity index (χ4v) is 7.19. The molecule has 0 bridgehead atoms. The van der Waals surface area contributed by atoms with Crippen molar-refractivity contribution in [1.82, 2.24) is 35.2 Å². The third kappa shape index (κ3) is 13.0. The van der Waals surface area contributed by atoms with Gasteiger partial charge in [-0.15, -0.1) is 0 Å². The van der Waals surface area contributed by atoms with Gasteiger partial charge < -0.3 is 37.1 Å². The van der Waals surface area contributed by atoms with Crippen molar-refractivity contribution in [2.75, 3.05) is 25.7 Å². The number of aromatic nitrogens is 6. The number of carboxylic acid groups (broad SMARTS) is 1. The molecule has 0 aliphatic heterocycles. The van der Waals surface area contributed by atoms with Crippen molar-refractivity contribution in [3.63, 3.8) is 0 Å². The van der Waals surface area contributed by atoms with Crippen LogP contribution in [0.15, 0.2) is 109 Å². The Labute approximate surface area is 405 Å². The van der Waals surface area contributed by atoms with E-state index in [9.17, 15) is 32.3 Å². The highest BCUT2D eigenvalue weighted by Crippen LogP contribution is 2.33. The van der Waals surface area contributed by atoms with Crippen molar-refractivity contribution in [2.45, 2.75) is 40.8 Å². The Morgan fingerprint density at radius 1 is 0.507 bits per heavy atom. The maximum Gasteiger partial charge on any atom is 0.358 e. The average Bonchev–Trinajstić information content (AvgIpc) is 3.33. The smallest absolute Gasteiger partial charge is 0.358 e. The number of hydrogen-bond acceptors (Lipinski definition) is 13. The molecule has 0 unspecified atom stereocenters. The van der Waals surface area contributed by atoms with E-state index in [0.29, 0.717) is 68.6 Å². The van der Waals surface area contributed by atoms with Crippen LogP contribution in [0.25, 0.3) is 45.0 Å². The zero-order chi connectivity index (χ0) is 51.5. The molecule has 1 amide bonds. The molecule has 0 atom stereocenters. The molecule has 0 radical (unpaired) electrons. The second kappa shape index (κ2) is 23.0. The zero-order valence-electron chi connectivity index (χ0n) is 39.3. The number of carbonyl (C=O) groups excluding carboxylic acids is 1. The van der Waals surface area contributed by atoms with Crippen molar-refractivity contribution in [1.29, 1.82) is 0 Å². The number of halogens is 4. The van der Waals surface area contributed by atoms with Gasteiger partial charge >= 0.3 is 5.97 Å². The van der Waals surface area contributed by atoms with Crippen LogP contribution in [0.3, 0.4) is 0 Å². The first kappa shape index (κ1) is 51.5. The van der Waals surface area contributed by atoms with Crippen LogP contribution in [0.1, 0.15) is 54.9 Å². The van der Waals surface area contributed by atoms with Crippen LogP contribution < -0.4 is 32.0 Å². The van der Waals surface area contributed by atoms with E-state index in [0.717, 1.165) is 28.3 Å². The minimum absolute atomic E-state index is 0.0614. The van der Waals surface area contributed by atoms with E-state index in [4.69, 9.17) is 26.7 Å². The first-order valence-electron chi connectivity index (χ1n) is 21.5. The van der Waals surface area contributed by atoms with Gasteiger partial charge in [0, 0.05) is 81.4 Å². The number of methoxy groups -OCH3 is 2. The summed E-state index contributed by atoms with van der Waals surface area (Å²) < 4.78 is 62.9. The summed E-state index contributed by atoms with van der Waals surface area (Å²) in [5.74, 6) is -2.82. The van der Waals surface area contributed by atoms with E-state index < -0.39 is 17.7 Å². The van der Waals surface area contributed by atoms with Crippen molar-refractivity contribution < 1.29 is 41.7 Å². The number of carbonyl (C=O) groups is 2. The van der Waals surface area contributed by atoms with Crippen LogP contribution in [-0.2, 0) is 13.1 Å². The first-order valence-corrected chi connectivity index (χ1v) is 21.5. The summed E-state index contributed by atoms with van der Waals surface area (Å²) >= 11 is 0. The summed E-state index contributed by atoms with van der Waals surface area (Å²) in [6.45, 7) is 7.79. The summed E-state index contributed by atoms with van der Waals surface area (Å²) in [7, 11) is 2.91. The Bertz CT molecular complexity index is 3190. The van der Waals surface area contributed by atoms with Gasteiger partial charge in [0.25, 0.3) is 5.91 Å². The number of ether oxygens (including phenoxy) is 2. The van der Waals surface area contributed by atoms with Gasteiger partial charge in [-0.05, 0) is 113 Å². The number of amides is 1. The number of aryl methyl sites for hydroxylation is 4. The molecule has 8 aromatic rings. The molecule has 0 aliphatic rings. The van der Waals surface area contributed by atoms with Crippen molar-refractivity contribution >= 4 is 23.5 Å². The highest BCUT2D eigenvalue weighted by Gasteiger charge is 2.22. The molecule has 4 heterocycles. The minimum Gasteiger partial charge on any atom is -0.496 e. The van der Waals surface area contributed by atoms with E-state index in [-0.39, 0.29) is 47.0 Å². The van der Waals surface area contributed by atoms with Crippen molar-refractivity contribution in [2.24, 2.45) is 5.73 Å². The van der Waals surface area contributed by atoms with Gasteiger partial charge in [-0.25, -0.2) is 42.3 Å². The predicted octanol–water partition coefficient (Wildman–Crippen LogP) is 9.16. The fourth-order valence-electron chi connectivity index (χ4n) is 7.19. The number of aromatic carboxylic acids is 1. The van der Waals surface area contributed by atoms with Crippen LogP contribution in [0, 0.1) is 51.0 Å². The molecule has 19 heteroatoms. The molecule has 0 aliphatic carbocycles. The minimum atomic E-state index is -1.26. The number of carboxylic acids is 1. The molecule has 0 saturated heterocycles. The van der Waals surface area contributed by atoms with Gasteiger partial charge in [-0.1, -0.05) is 12.1 Å². The molecule has 0 fully saturated rings. The maximum atomic E-state index is 13.5. The van der Waals surface area contributed by atoms with Gasteiger partial charge in [0.15, 0.2) is 23.0 Å². The average molecular weight is 969 g/mol. The largest absolute Gasteiger partial charge is 0.496 e. The SMILES string of the molecule is COc1cc(F)ccc1CN.COc1cc(F)ccc1CNC(=O)c1nc(-c2cc(C)nc(C)c2)c(-c2ccc(F)cc2)nc1N.Cc1cc(-c2nc(C(=O)O)c(N)nc2-c2ccc(F)cc2)cc(C)n1. The number of benzene rings is 4. The lowest BCUT2D eigenvalue weighted by atomic mass is 10.0. The lowest BCUT2D eigenvalue weighted by Crippen LogP contribution is -2.26. The molecule has 4 aromatic heterocycles. The molecular weight excluding hydrogens is 921 g/mol. The van der Waals surface area contributed by atoms with E-state index in [1.165, 1.54) is 68.8 Å². The molecule has 0 spiro atoms. The van der Waals surface area contributed by atoms with E-state index >= 15 is 0 Å². The normalized spacial score (nSPS) is 10.6. The lowest BCUT2D eigenvalue weighted by Gasteiger charge is -2.14. The first-order chi connectivity index (χ1) is 33.9. The summed E-state index contributed by atoms with van der Waals surface area (Å²) in [6.07, 6.45) is 0. The quantitative estimate of drug-likeness (QED) is 0.0760.